The molecule has 22 heavy (non-hydrogen) atoms. The third-order valence-electron chi connectivity index (χ3n) is 4.23. The largest absolute Gasteiger partial charge is 0.496 e. The maximum Gasteiger partial charge on any atom is 0.262 e. The molecule has 0 unspecified atom stereocenters. The van der Waals surface area contributed by atoms with Gasteiger partial charge in [-0.1, -0.05) is 38.0 Å². The number of carbonyl (C=O) groups is 1. The molecule has 4 nitrogen and oxygen atoms in total. The van der Waals surface area contributed by atoms with Crippen molar-refractivity contribution in [3.8, 4) is 11.8 Å². The fourth-order valence-corrected chi connectivity index (χ4v) is 2.87. The van der Waals surface area contributed by atoms with Crippen LogP contribution in [-0.4, -0.2) is 19.1 Å². The van der Waals surface area contributed by atoms with Gasteiger partial charge in [-0.2, -0.15) is 5.26 Å². The number of amides is 1. The average molecular weight is 298 g/mol. The summed E-state index contributed by atoms with van der Waals surface area (Å²) in [6.07, 6.45) is 6.05. The monoisotopic (exact) mass is 298 g/mol. The Morgan fingerprint density at radius 3 is 2.77 bits per heavy atom. The van der Waals surface area contributed by atoms with Crippen LogP contribution < -0.4 is 10.1 Å². The standard InChI is InChI=1S/C18H22N2O2/c1-13-7-3-5-9-16(13)20-18(21)15(12-19)11-14-8-4-6-10-17(14)22-2/h4,6,8,10-11,13,16H,3,5,7,9H2,1-2H3,(H,20,21)/b15-11+/t13-,16+/m1/s1. The molecule has 0 bridgehead atoms. The van der Waals surface area contributed by atoms with E-state index in [1.165, 1.54) is 6.42 Å². The van der Waals surface area contributed by atoms with E-state index in [-0.39, 0.29) is 17.5 Å². The Bertz CT molecular complexity index is 601. The number of nitrogens with zero attached hydrogens (tertiary/aromatic N) is 1. The summed E-state index contributed by atoms with van der Waals surface area (Å²) in [4.78, 5) is 12.3. The van der Waals surface area contributed by atoms with Crippen molar-refractivity contribution in [2.75, 3.05) is 7.11 Å². The molecule has 2 rings (SSSR count). The summed E-state index contributed by atoms with van der Waals surface area (Å²) in [5, 5.41) is 12.3. The van der Waals surface area contributed by atoms with Crippen LogP contribution in [0.3, 0.4) is 0 Å². The molecule has 1 amide bonds. The molecule has 0 saturated heterocycles. The fraction of sp³-hybridized carbons (Fsp3) is 0.444. The quantitative estimate of drug-likeness (QED) is 0.685. The van der Waals surface area contributed by atoms with Crippen LogP contribution in [0.15, 0.2) is 29.8 Å². The van der Waals surface area contributed by atoms with Crippen molar-refractivity contribution < 1.29 is 9.53 Å². The molecule has 1 aliphatic rings. The van der Waals surface area contributed by atoms with Crippen molar-refractivity contribution in [3.05, 3.63) is 35.4 Å². The lowest BCUT2D eigenvalue weighted by molar-refractivity contribution is -0.118. The summed E-state index contributed by atoms with van der Waals surface area (Å²) < 4.78 is 5.25. The van der Waals surface area contributed by atoms with Crippen LogP contribution in [0.5, 0.6) is 5.75 Å². The summed E-state index contributed by atoms with van der Waals surface area (Å²) in [5.41, 5.74) is 0.843. The second-order valence-corrected chi connectivity index (χ2v) is 5.75. The first-order valence-corrected chi connectivity index (χ1v) is 7.71. The number of carbonyl (C=O) groups excluding carboxylic acids is 1. The molecule has 116 valence electrons. The van der Waals surface area contributed by atoms with E-state index >= 15 is 0 Å². The zero-order valence-corrected chi connectivity index (χ0v) is 13.1. The average Bonchev–Trinajstić information content (AvgIpc) is 2.55. The Morgan fingerprint density at radius 1 is 1.36 bits per heavy atom. The predicted molar refractivity (Wildman–Crippen MR) is 86.1 cm³/mol. The highest BCUT2D eigenvalue weighted by Crippen LogP contribution is 2.24. The van der Waals surface area contributed by atoms with Gasteiger partial charge < -0.3 is 10.1 Å². The highest BCUT2D eigenvalue weighted by atomic mass is 16.5. The highest BCUT2D eigenvalue weighted by Gasteiger charge is 2.24. The second kappa shape index (κ2) is 7.65. The number of nitriles is 1. The number of ether oxygens (including phenoxy) is 1. The van der Waals surface area contributed by atoms with Gasteiger partial charge in [-0.25, -0.2) is 0 Å². The van der Waals surface area contributed by atoms with Gasteiger partial charge in [0.1, 0.15) is 17.4 Å². The first kappa shape index (κ1) is 16.1. The van der Waals surface area contributed by atoms with E-state index < -0.39 is 0 Å². The Kier molecular flexibility index (Phi) is 5.60. The minimum atomic E-state index is -0.299. The van der Waals surface area contributed by atoms with Crippen LogP contribution in [0.4, 0.5) is 0 Å². The van der Waals surface area contributed by atoms with Crippen LogP contribution in [0.25, 0.3) is 6.08 Å². The molecular weight excluding hydrogens is 276 g/mol. The number of rotatable bonds is 4. The number of benzene rings is 1. The lowest BCUT2D eigenvalue weighted by atomic mass is 9.86. The van der Waals surface area contributed by atoms with Crippen molar-refractivity contribution in [2.45, 2.75) is 38.6 Å². The van der Waals surface area contributed by atoms with Crippen LogP contribution >= 0.6 is 0 Å². The Hall–Kier alpha value is -2.28. The van der Waals surface area contributed by atoms with E-state index in [0.717, 1.165) is 24.8 Å². The number of methoxy groups -OCH3 is 1. The summed E-state index contributed by atoms with van der Waals surface area (Å²) in [6.45, 7) is 2.15. The number of nitrogens with one attached hydrogen (secondary N) is 1. The fourth-order valence-electron chi connectivity index (χ4n) is 2.87. The normalized spacial score (nSPS) is 21.8. The molecule has 1 saturated carbocycles. The minimum Gasteiger partial charge on any atom is -0.496 e. The van der Waals surface area contributed by atoms with E-state index in [2.05, 4.69) is 12.2 Å². The molecule has 4 heteroatoms. The van der Waals surface area contributed by atoms with Gasteiger partial charge in [-0.15, -0.1) is 0 Å². The van der Waals surface area contributed by atoms with Crippen LogP contribution in [0, 0.1) is 17.2 Å². The van der Waals surface area contributed by atoms with Gasteiger partial charge in [-0.05, 0) is 30.9 Å². The van der Waals surface area contributed by atoms with Gasteiger partial charge in [0.05, 0.1) is 7.11 Å². The molecule has 1 aliphatic carbocycles. The van der Waals surface area contributed by atoms with Gasteiger partial charge in [-0.3, -0.25) is 4.79 Å². The molecule has 0 heterocycles. The van der Waals surface area contributed by atoms with E-state index in [9.17, 15) is 10.1 Å². The van der Waals surface area contributed by atoms with Crippen molar-refractivity contribution in [2.24, 2.45) is 5.92 Å². The van der Waals surface area contributed by atoms with Crippen molar-refractivity contribution >= 4 is 12.0 Å². The lowest BCUT2D eigenvalue weighted by Crippen LogP contribution is -2.41. The molecule has 2 atom stereocenters. The molecule has 0 radical (unpaired) electrons. The van der Waals surface area contributed by atoms with Gasteiger partial charge >= 0.3 is 0 Å². The summed E-state index contributed by atoms with van der Waals surface area (Å²) in [5.74, 6) is 0.810. The Balaban J connectivity index is 2.15. The summed E-state index contributed by atoms with van der Waals surface area (Å²) >= 11 is 0. The van der Waals surface area contributed by atoms with Crippen molar-refractivity contribution in [1.82, 2.24) is 5.32 Å². The summed E-state index contributed by atoms with van der Waals surface area (Å²) in [6, 6.07) is 9.50. The van der Waals surface area contributed by atoms with Crippen LogP contribution in [-0.2, 0) is 4.79 Å². The van der Waals surface area contributed by atoms with Crippen LogP contribution in [0.2, 0.25) is 0 Å². The molecular formula is C18H22N2O2. The minimum absolute atomic E-state index is 0.113. The van der Waals surface area contributed by atoms with Crippen molar-refractivity contribution in [3.63, 3.8) is 0 Å². The number of hydrogen-bond acceptors (Lipinski definition) is 3. The van der Waals surface area contributed by atoms with E-state index in [1.807, 2.05) is 30.3 Å². The number of hydrogen-bond donors (Lipinski definition) is 1. The second-order valence-electron chi connectivity index (χ2n) is 5.75. The molecule has 1 fully saturated rings. The van der Waals surface area contributed by atoms with E-state index in [1.54, 1.807) is 13.2 Å². The molecule has 1 N–H and O–H groups in total. The third-order valence-corrected chi connectivity index (χ3v) is 4.23. The molecule has 0 aliphatic heterocycles. The topological polar surface area (TPSA) is 62.1 Å². The highest BCUT2D eigenvalue weighted by molar-refractivity contribution is 6.02. The maximum absolute atomic E-state index is 12.3. The van der Waals surface area contributed by atoms with Gasteiger partial charge in [0.25, 0.3) is 5.91 Å². The van der Waals surface area contributed by atoms with Crippen molar-refractivity contribution in [1.29, 1.82) is 5.26 Å². The first-order valence-electron chi connectivity index (χ1n) is 7.71. The maximum atomic E-state index is 12.3. The van der Waals surface area contributed by atoms with Gasteiger partial charge in [0.15, 0.2) is 0 Å². The Morgan fingerprint density at radius 2 is 2.09 bits per heavy atom. The van der Waals surface area contributed by atoms with Gasteiger partial charge in [0, 0.05) is 11.6 Å². The zero-order chi connectivity index (χ0) is 15.9. The Labute approximate surface area is 131 Å². The van der Waals surface area contributed by atoms with E-state index in [0.29, 0.717) is 11.7 Å². The molecule has 1 aromatic carbocycles. The first-order chi connectivity index (χ1) is 10.7. The van der Waals surface area contributed by atoms with Crippen LogP contribution in [0.1, 0.15) is 38.2 Å². The lowest BCUT2D eigenvalue weighted by Gasteiger charge is -2.29. The predicted octanol–water partition coefficient (Wildman–Crippen LogP) is 3.30. The smallest absolute Gasteiger partial charge is 0.262 e. The van der Waals surface area contributed by atoms with Gasteiger partial charge in [0.2, 0.25) is 0 Å². The third kappa shape index (κ3) is 3.88. The molecule has 1 aromatic rings. The molecule has 0 aromatic heterocycles. The number of para-hydroxylation sites is 1. The van der Waals surface area contributed by atoms with E-state index in [4.69, 9.17) is 4.74 Å². The summed E-state index contributed by atoms with van der Waals surface area (Å²) in [7, 11) is 1.57. The SMILES string of the molecule is COc1ccccc1/C=C(\C#N)C(=O)N[C@H]1CCCC[C@H]1C. The zero-order valence-electron chi connectivity index (χ0n) is 13.1. The molecule has 0 spiro atoms.